The summed E-state index contributed by atoms with van der Waals surface area (Å²) in [5.74, 6) is 0. The molecule has 1 saturated carbocycles. The molecule has 0 spiro atoms. The number of carbonyl (C=O) groups excluding carboxylic acids is 1. The largest absolute Gasteiger partial charge is 0.445 e. The fourth-order valence-corrected chi connectivity index (χ4v) is 2.16. The van der Waals surface area contributed by atoms with Crippen LogP contribution < -0.4 is 5.32 Å². The maximum Gasteiger partial charge on any atom is 0.407 e. The first-order chi connectivity index (χ1) is 8.75. The second-order valence-corrected chi connectivity index (χ2v) is 4.61. The number of rotatable bonds is 3. The molecule has 3 nitrogen and oxygen atoms in total. The number of carbonyl (C=O) groups is 1. The van der Waals surface area contributed by atoms with Gasteiger partial charge >= 0.3 is 6.09 Å². The molecule has 18 heavy (non-hydrogen) atoms. The highest BCUT2D eigenvalue weighted by Gasteiger charge is 2.26. The van der Waals surface area contributed by atoms with Crippen LogP contribution in [0.2, 0.25) is 0 Å². The predicted octanol–water partition coefficient (Wildman–Crippen LogP) is 3.19. The van der Waals surface area contributed by atoms with Crippen LogP contribution in [0.3, 0.4) is 0 Å². The number of hydrogen-bond acceptors (Lipinski definition) is 2. The van der Waals surface area contributed by atoms with Crippen molar-refractivity contribution in [1.82, 2.24) is 5.32 Å². The molecule has 1 aromatic rings. The van der Waals surface area contributed by atoms with E-state index in [2.05, 4.69) is 5.32 Å². The molecule has 0 saturated heterocycles. The van der Waals surface area contributed by atoms with E-state index in [1.807, 2.05) is 30.3 Å². The van der Waals surface area contributed by atoms with Gasteiger partial charge in [0.1, 0.15) is 12.8 Å². The number of nitrogens with one attached hydrogen (secondary N) is 1. The van der Waals surface area contributed by atoms with E-state index >= 15 is 0 Å². The molecule has 1 N–H and O–H groups in total. The highest BCUT2D eigenvalue weighted by Crippen LogP contribution is 2.21. The summed E-state index contributed by atoms with van der Waals surface area (Å²) in [6.45, 7) is 0.219. The standard InChI is InChI=1S/C14H18FNO2/c15-12-8-4-5-9-13(12)16-14(17)18-10-11-6-2-1-3-7-11/h1-3,6-7,12-13H,4-5,8-10H2,(H,16,17)/t12-,13-/m1/s1. The molecule has 98 valence electrons. The van der Waals surface area contributed by atoms with Crippen LogP contribution in [0, 0.1) is 0 Å². The van der Waals surface area contributed by atoms with Crippen LogP contribution in [-0.2, 0) is 11.3 Å². The Morgan fingerprint density at radius 1 is 1.28 bits per heavy atom. The molecule has 1 aromatic carbocycles. The Hall–Kier alpha value is -1.58. The van der Waals surface area contributed by atoms with Gasteiger partial charge in [-0.25, -0.2) is 9.18 Å². The minimum atomic E-state index is -0.942. The average molecular weight is 251 g/mol. The zero-order valence-corrected chi connectivity index (χ0v) is 10.3. The lowest BCUT2D eigenvalue weighted by Gasteiger charge is -2.26. The van der Waals surface area contributed by atoms with Crippen LogP contribution >= 0.6 is 0 Å². The Balaban J connectivity index is 1.75. The van der Waals surface area contributed by atoms with Crippen molar-refractivity contribution in [2.75, 3.05) is 0 Å². The number of amides is 1. The zero-order chi connectivity index (χ0) is 12.8. The Kier molecular flexibility index (Phi) is 4.56. The van der Waals surface area contributed by atoms with Gasteiger partial charge in [0.25, 0.3) is 0 Å². The van der Waals surface area contributed by atoms with Crippen LogP contribution in [0.4, 0.5) is 9.18 Å². The third-order valence-electron chi connectivity index (χ3n) is 3.20. The molecule has 0 unspecified atom stereocenters. The molecule has 0 aliphatic heterocycles. The van der Waals surface area contributed by atoms with Crippen molar-refractivity contribution < 1.29 is 13.9 Å². The first-order valence-corrected chi connectivity index (χ1v) is 6.37. The van der Waals surface area contributed by atoms with E-state index in [-0.39, 0.29) is 12.6 Å². The number of ether oxygens (including phenoxy) is 1. The van der Waals surface area contributed by atoms with Crippen molar-refractivity contribution in [2.45, 2.75) is 44.5 Å². The minimum Gasteiger partial charge on any atom is -0.445 e. The molecule has 0 heterocycles. The van der Waals surface area contributed by atoms with Gasteiger partial charge in [0.2, 0.25) is 0 Å². The molecule has 1 aliphatic carbocycles. The van der Waals surface area contributed by atoms with E-state index in [9.17, 15) is 9.18 Å². The van der Waals surface area contributed by atoms with Crippen LogP contribution in [0.25, 0.3) is 0 Å². The zero-order valence-electron chi connectivity index (χ0n) is 10.3. The van der Waals surface area contributed by atoms with Gasteiger partial charge in [-0.15, -0.1) is 0 Å². The first-order valence-electron chi connectivity index (χ1n) is 6.37. The van der Waals surface area contributed by atoms with Crippen molar-refractivity contribution in [2.24, 2.45) is 0 Å². The van der Waals surface area contributed by atoms with E-state index in [0.717, 1.165) is 18.4 Å². The fraction of sp³-hybridized carbons (Fsp3) is 0.500. The van der Waals surface area contributed by atoms with E-state index in [0.29, 0.717) is 12.8 Å². The number of halogens is 1. The molecule has 1 fully saturated rings. The van der Waals surface area contributed by atoms with Crippen molar-refractivity contribution in [3.63, 3.8) is 0 Å². The summed E-state index contributed by atoms with van der Waals surface area (Å²) in [7, 11) is 0. The summed E-state index contributed by atoms with van der Waals surface area (Å²) in [6, 6.07) is 9.05. The maximum atomic E-state index is 13.5. The van der Waals surface area contributed by atoms with Crippen molar-refractivity contribution >= 4 is 6.09 Å². The van der Waals surface area contributed by atoms with Gasteiger partial charge in [-0.2, -0.15) is 0 Å². The van der Waals surface area contributed by atoms with Gasteiger partial charge in [0.05, 0.1) is 6.04 Å². The van der Waals surface area contributed by atoms with Gasteiger partial charge in [0, 0.05) is 0 Å². The van der Waals surface area contributed by atoms with Crippen molar-refractivity contribution in [1.29, 1.82) is 0 Å². The summed E-state index contributed by atoms with van der Waals surface area (Å²) in [4.78, 5) is 11.5. The van der Waals surface area contributed by atoms with Gasteiger partial charge in [-0.05, 0) is 18.4 Å². The number of alkyl halides is 1. The monoisotopic (exact) mass is 251 g/mol. The highest BCUT2D eigenvalue weighted by molar-refractivity contribution is 5.67. The van der Waals surface area contributed by atoms with Crippen LogP contribution in [0.5, 0.6) is 0 Å². The SMILES string of the molecule is O=C(N[C@@H]1CCCC[C@H]1F)OCc1ccccc1. The predicted molar refractivity (Wildman–Crippen MR) is 66.9 cm³/mol. The normalized spacial score (nSPS) is 23.4. The topological polar surface area (TPSA) is 38.3 Å². The molecule has 1 aliphatic rings. The minimum absolute atomic E-state index is 0.219. The summed E-state index contributed by atoms with van der Waals surface area (Å²) >= 11 is 0. The van der Waals surface area contributed by atoms with Crippen LogP contribution in [-0.4, -0.2) is 18.3 Å². The molecule has 2 rings (SSSR count). The second-order valence-electron chi connectivity index (χ2n) is 4.61. The molecular formula is C14H18FNO2. The summed E-state index contributed by atoms with van der Waals surface area (Å²) < 4.78 is 18.6. The number of hydrogen-bond donors (Lipinski definition) is 1. The molecule has 2 atom stereocenters. The van der Waals surface area contributed by atoms with Gasteiger partial charge in [-0.1, -0.05) is 43.2 Å². The maximum absolute atomic E-state index is 13.5. The number of alkyl carbamates (subject to hydrolysis) is 1. The molecule has 4 heteroatoms. The Morgan fingerprint density at radius 2 is 2.00 bits per heavy atom. The average Bonchev–Trinajstić information content (AvgIpc) is 2.40. The van der Waals surface area contributed by atoms with Crippen LogP contribution in [0.15, 0.2) is 30.3 Å². The van der Waals surface area contributed by atoms with E-state index < -0.39 is 12.3 Å². The molecule has 1 amide bonds. The molecule has 0 radical (unpaired) electrons. The number of benzene rings is 1. The fourth-order valence-electron chi connectivity index (χ4n) is 2.16. The van der Waals surface area contributed by atoms with Crippen molar-refractivity contribution in [3.8, 4) is 0 Å². The third kappa shape index (κ3) is 3.72. The lowest BCUT2D eigenvalue weighted by atomic mass is 9.94. The Bertz CT molecular complexity index is 383. The highest BCUT2D eigenvalue weighted by atomic mass is 19.1. The van der Waals surface area contributed by atoms with Crippen molar-refractivity contribution in [3.05, 3.63) is 35.9 Å². The Labute approximate surface area is 106 Å². The van der Waals surface area contributed by atoms with Gasteiger partial charge < -0.3 is 10.1 Å². The smallest absolute Gasteiger partial charge is 0.407 e. The van der Waals surface area contributed by atoms with Crippen LogP contribution in [0.1, 0.15) is 31.2 Å². The van der Waals surface area contributed by atoms with E-state index in [1.54, 1.807) is 0 Å². The van der Waals surface area contributed by atoms with Gasteiger partial charge in [-0.3, -0.25) is 0 Å². The summed E-state index contributed by atoms with van der Waals surface area (Å²) in [5.41, 5.74) is 0.924. The Morgan fingerprint density at radius 3 is 2.72 bits per heavy atom. The lowest BCUT2D eigenvalue weighted by Crippen LogP contribution is -2.43. The quantitative estimate of drug-likeness (QED) is 0.896. The van der Waals surface area contributed by atoms with E-state index in [4.69, 9.17) is 4.74 Å². The molecule has 0 bridgehead atoms. The van der Waals surface area contributed by atoms with E-state index in [1.165, 1.54) is 0 Å². The molecular weight excluding hydrogens is 233 g/mol. The second kappa shape index (κ2) is 6.38. The summed E-state index contributed by atoms with van der Waals surface area (Å²) in [6.07, 6.45) is 1.62. The first kappa shape index (κ1) is 12.9. The van der Waals surface area contributed by atoms with Gasteiger partial charge in [0.15, 0.2) is 0 Å². The third-order valence-corrected chi connectivity index (χ3v) is 3.20. The molecule has 0 aromatic heterocycles. The lowest BCUT2D eigenvalue weighted by molar-refractivity contribution is 0.119. The summed E-state index contributed by atoms with van der Waals surface area (Å²) in [5, 5.41) is 2.60.